The van der Waals surface area contributed by atoms with Crippen LogP contribution in [0.2, 0.25) is 0 Å². The molecule has 8 heteroatoms. The summed E-state index contributed by atoms with van der Waals surface area (Å²) in [5.74, 6) is -0.266. The lowest BCUT2D eigenvalue weighted by molar-refractivity contribution is 0.0944. The molecule has 4 rings (SSSR count). The third kappa shape index (κ3) is 4.30. The summed E-state index contributed by atoms with van der Waals surface area (Å²) >= 11 is 6.83. The second-order valence-corrected chi connectivity index (χ2v) is 7.83. The molecule has 0 unspecified atom stereocenters. The number of thiocarbonyl (C=S) groups is 1. The molecular formula is C20H20N4O2S2. The number of hydrazine groups is 1. The van der Waals surface area contributed by atoms with Crippen LogP contribution in [0.3, 0.4) is 0 Å². The van der Waals surface area contributed by atoms with E-state index in [9.17, 15) is 4.79 Å². The van der Waals surface area contributed by atoms with Crippen LogP contribution >= 0.6 is 23.6 Å². The lowest BCUT2D eigenvalue weighted by Gasteiger charge is -2.15. The van der Waals surface area contributed by atoms with Crippen molar-refractivity contribution >= 4 is 45.5 Å². The minimum atomic E-state index is -0.266. The highest BCUT2D eigenvalue weighted by molar-refractivity contribution is 7.80. The lowest BCUT2D eigenvalue weighted by Crippen LogP contribution is -2.48. The highest BCUT2D eigenvalue weighted by Gasteiger charge is 2.16. The number of carbonyl (C=O) groups excluding carboxylic acids is 1. The number of benzene rings is 1. The number of amides is 1. The SMILES string of the molecule is O=C(NNC(=S)NC[C@@H]1CCCO1)c1cc(-c2cccs2)nc2ccccc12. The van der Waals surface area contributed by atoms with E-state index in [2.05, 4.69) is 21.2 Å². The molecule has 6 nitrogen and oxygen atoms in total. The number of carbonyl (C=O) groups is 1. The smallest absolute Gasteiger partial charge is 0.270 e. The predicted molar refractivity (Wildman–Crippen MR) is 115 cm³/mol. The van der Waals surface area contributed by atoms with Crippen molar-refractivity contribution in [1.82, 2.24) is 21.2 Å². The summed E-state index contributed by atoms with van der Waals surface area (Å²) in [5.41, 5.74) is 7.55. The number of nitrogens with zero attached hydrogens (tertiary/aromatic N) is 1. The van der Waals surface area contributed by atoms with E-state index >= 15 is 0 Å². The summed E-state index contributed by atoms with van der Waals surface area (Å²) in [6.45, 7) is 1.42. The van der Waals surface area contributed by atoms with Crippen molar-refractivity contribution < 1.29 is 9.53 Å². The van der Waals surface area contributed by atoms with Gasteiger partial charge in [0.05, 0.1) is 27.8 Å². The van der Waals surface area contributed by atoms with Crippen molar-refractivity contribution in [3.63, 3.8) is 0 Å². The van der Waals surface area contributed by atoms with E-state index in [1.165, 1.54) is 0 Å². The second-order valence-electron chi connectivity index (χ2n) is 6.47. The van der Waals surface area contributed by atoms with Gasteiger partial charge in [-0.25, -0.2) is 4.98 Å². The van der Waals surface area contributed by atoms with Crippen LogP contribution < -0.4 is 16.2 Å². The Hall–Kier alpha value is -2.55. The van der Waals surface area contributed by atoms with Crippen LogP contribution in [0, 0.1) is 0 Å². The van der Waals surface area contributed by atoms with Crippen LogP contribution in [-0.4, -0.2) is 35.3 Å². The van der Waals surface area contributed by atoms with E-state index in [0.29, 0.717) is 17.2 Å². The Balaban J connectivity index is 1.47. The fourth-order valence-electron chi connectivity index (χ4n) is 3.15. The van der Waals surface area contributed by atoms with Crippen LogP contribution in [0.4, 0.5) is 0 Å². The zero-order valence-electron chi connectivity index (χ0n) is 15.1. The Bertz CT molecular complexity index is 985. The molecule has 1 fully saturated rings. The number of para-hydroxylation sites is 1. The molecular weight excluding hydrogens is 392 g/mol. The average Bonchev–Trinajstić information content (AvgIpc) is 3.43. The first-order valence-corrected chi connectivity index (χ1v) is 10.4. The molecule has 1 aromatic carbocycles. The monoisotopic (exact) mass is 412 g/mol. The molecule has 1 aliphatic heterocycles. The maximum atomic E-state index is 12.8. The summed E-state index contributed by atoms with van der Waals surface area (Å²) in [7, 11) is 0. The average molecular weight is 413 g/mol. The van der Waals surface area contributed by atoms with Crippen molar-refractivity contribution in [3.8, 4) is 10.6 Å². The molecule has 1 aliphatic rings. The van der Waals surface area contributed by atoms with Gasteiger partial charge in [-0.1, -0.05) is 24.3 Å². The number of hydrogen-bond acceptors (Lipinski definition) is 5. The Labute approximate surface area is 172 Å². The quantitative estimate of drug-likeness (QED) is 0.451. The number of thiophene rings is 1. The van der Waals surface area contributed by atoms with Gasteiger partial charge in [-0.05, 0) is 48.6 Å². The first-order valence-electron chi connectivity index (χ1n) is 9.10. The van der Waals surface area contributed by atoms with Crippen molar-refractivity contribution in [2.75, 3.05) is 13.2 Å². The number of fused-ring (bicyclic) bond motifs is 1. The highest BCUT2D eigenvalue weighted by atomic mass is 32.1. The molecule has 3 heterocycles. The van der Waals surface area contributed by atoms with Crippen molar-refractivity contribution in [2.24, 2.45) is 0 Å². The van der Waals surface area contributed by atoms with Crippen LogP contribution in [0.15, 0.2) is 47.8 Å². The maximum Gasteiger partial charge on any atom is 0.270 e. The molecule has 3 aromatic rings. The van der Waals surface area contributed by atoms with Crippen LogP contribution in [0.25, 0.3) is 21.5 Å². The van der Waals surface area contributed by atoms with E-state index in [-0.39, 0.29) is 12.0 Å². The fourth-order valence-corrected chi connectivity index (χ4v) is 3.97. The number of nitrogens with one attached hydrogen (secondary N) is 3. The normalized spacial score (nSPS) is 16.1. The third-order valence-corrected chi connectivity index (χ3v) is 5.68. The van der Waals surface area contributed by atoms with Crippen LogP contribution in [0.5, 0.6) is 0 Å². The second kappa shape index (κ2) is 8.64. The molecule has 2 aromatic heterocycles. The number of hydrogen-bond donors (Lipinski definition) is 3. The standard InChI is InChI=1S/C20H20N4O2S2/c25-19(23-24-20(27)21-12-13-5-3-9-26-13)15-11-17(18-8-4-10-28-18)22-16-7-2-1-6-14(15)16/h1-2,4,6-8,10-11,13H,3,5,9,12H2,(H,23,25)(H2,21,24,27)/t13-/m0/s1. The van der Waals surface area contributed by atoms with Gasteiger partial charge in [-0.15, -0.1) is 11.3 Å². The van der Waals surface area contributed by atoms with Gasteiger partial charge in [-0.2, -0.15) is 0 Å². The predicted octanol–water partition coefficient (Wildman–Crippen LogP) is 3.25. The molecule has 3 N–H and O–H groups in total. The van der Waals surface area contributed by atoms with Crippen molar-refractivity contribution in [3.05, 3.63) is 53.4 Å². The number of pyridine rings is 1. The molecule has 0 saturated carbocycles. The van der Waals surface area contributed by atoms with Gasteiger partial charge in [0.1, 0.15) is 0 Å². The minimum Gasteiger partial charge on any atom is -0.376 e. The maximum absolute atomic E-state index is 12.8. The summed E-state index contributed by atoms with van der Waals surface area (Å²) in [6, 6.07) is 13.4. The Morgan fingerprint density at radius 3 is 2.93 bits per heavy atom. The van der Waals surface area contributed by atoms with E-state index in [0.717, 1.165) is 40.9 Å². The largest absolute Gasteiger partial charge is 0.376 e. The van der Waals surface area contributed by atoms with Crippen molar-refractivity contribution in [2.45, 2.75) is 18.9 Å². The highest BCUT2D eigenvalue weighted by Crippen LogP contribution is 2.27. The zero-order chi connectivity index (χ0) is 19.3. The summed E-state index contributed by atoms with van der Waals surface area (Å²) in [5, 5.41) is 6.22. The molecule has 1 atom stereocenters. The van der Waals surface area contributed by atoms with E-state index in [1.54, 1.807) is 11.3 Å². The molecule has 0 aliphatic carbocycles. The van der Waals surface area contributed by atoms with Gasteiger partial charge in [0.25, 0.3) is 5.91 Å². The zero-order valence-corrected chi connectivity index (χ0v) is 16.7. The van der Waals surface area contributed by atoms with E-state index in [1.807, 2.05) is 47.8 Å². The van der Waals surface area contributed by atoms with Gasteiger partial charge in [-0.3, -0.25) is 15.6 Å². The van der Waals surface area contributed by atoms with E-state index in [4.69, 9.17) is 17.0 Å². The molecule has 144 valence electrons. The first kappa shape index (κ1) is 18.8. The lowest BCUT2D eigenvalue weighted by atomic mass is 10.1. The van der Waals surface area contributed by atoms with Gasteiger partial charge >= 0.3 is 0 Å². The Kier molecular flexibility index (Phi) is 5.80. The Morgan fingerprint density at radius 2 is 2.14 bits per heavy atom. The summed E-state index contributed by atoms with van der Waals surface area (Å²) in [6.07, 6.45) is 2.27. The number of ether oxygens (including phenoxy) is 1. The topological polar surface area (TPSA) is 75.3 Å². The van der Waals surface area contributed by atoms with Crippen molar-refractivity contribution in [1.29, 1.82) is 0 Å². The number of aromatic nitrogens is 1. The molecule has 1 amide bonds. The van der Waals surface area contributed by atoms with E-state index < -0.39 is 0 Å². The van der Waals surface area contributed by atoms with Crippen LogP contribution in [-0.2, 0) is 4.74 Å². The van der Waals surface area contributed by atoms with Crippen LogP contribution in [0.1, 0.15) is 23.2 Å². The Morgan fingerprint density at radius 1 is 1.25 bits per heavy atom. The first-order chi connectivity index (χ1) is 13.7. The van der Waals surface area contributed by atoms with Gasteiger partial charge in [0.15, 0.2) is 5.11 Å². The van der Waals surface area contributed by atoms with Gasteiger partial charge in [0.2, 0.25) is 0 Å². The summed E-state index contributed by atoms with van der Waals surface area (Å²) in [4.78, 5) is 18.5. The molecule has 0 bridgehead atoms. The third-order valence-electron chi connectivity index (χ3n) is 4.54. The minimum absolute atomic E-state index is 0.174. The molecule has 0 radical (unpaired) electrons. The van der Waals surface area contributed by atoms with Gasteiger partial charge < -0.3 is 10.1 Å². The molecule has 0 spiro atoms. The van der Waals surface area contributed by atoms with Gasteiger partial charge in [0, 0.05) is 18.5 Å². The fraction of sp³-hybridized carbons (Fsp3) is 0.250. The number of rotatable bonds is 4. The summed E-state index contributed by atoms with van der Waals surface area (Å²) < 4.78 is 5.55. The molecule has 28 heavy (non-hydrogen) atoms. The molecule has 1 saturated heterocycles.